The topological polar surface area (TPSA) is 101 Å². The minimum Gasteiger partial charge on any atom is -0.460 e. The number of fused-ring (bicyclic) bond motifs is 1. The summed E-state index contributed by atoms with van der Waals surface area (Å²) >= 11 is 0. The van der Waals surface area contributed by atoms with Crippen molar-refractivity contribution < 1.29 is 23.1 Å². The molecule has 2 aromatic heterocycles. The maximum Gasteiger partial charge on any atom is 0.374 e. The molecule has 0 aromatic carbocycles. The quantitative estimate of drug-likeness (QED) is 0.737. The predicted molar refractivity (Wildman–Crippen MR) is 82.7 cm³/mol. The van der Waals surface area contributed by atoms with Gasteiger partial charge in [-0.15, -0.1) is 0 Å². The average molecular weight is 341 g/mol. The van der Waals surface area contributed by atoms with Crippen molar-refractivity contribution in [2.24, 2.45) is 0 Å². The Hall–Kier alpha value is -1.97. The van der Waals surface area contributed by atoms with Crippen LogP contribution in [0.5, 0.6) is 0 Å². The number of pyridine rings is 1. The number of hydrogen-bond donors (Lipinski definition) is 1. The highest BCUT2D eigenvalue weighted by Crippen LogP contribution is 2.22. The molecule has 9 heteroatoms. The molecule has 0 aliphatic heterocycles. The fourth-order valence-corrected chi connectivity index (χ4v) is 3.76. The lowest BCUT2D eigenvalue weighted by molar-refractivity contribution is 0.0510. The Bertz CT molecular complexity index is 800. The standard InChI is InChI=1S/C14H19N3O5S/c1-3-16(9-10-18)23(20,21)13-11-7-5-6-8-17(11)12(15-13)14(19)22-4-2/h5-8,18H,3-4,9-10H2,1-2H3. The molecule has 2 aromatic rings. The Kier molecular flexibility index (Phi) is 5.34. The number of carbonyl (C=O) groups excluding carboxylic acids is 1. The van der Waals surface area contributed by atoms with Crippen molar-refractivity contribution in [3.63, 3.8) is 0 Å². The van der Waals surface area contributed by atoms with Gasteiger partial charge in [-0.3, -0.25) is 4.40 Å². The SMILES string of the molecule is CCOC(=O)c1nc(S(=O)(=O)N(CC)CCO)c2ccccn12. The lowest BCUT2D eigenvalue weighted by Gasteiger charge is -2.17. The summed E-state index contributed by atoms with van der Waals surface area (Å²) in [4.78, 5) is 16.0. The summed E-state index contributed by atoms with van der Waals surface area (Å²) in [6.07, 6.45) is 1.55. The van der Waals surface area contributed by atoms with Crippen molar-refractivity contribution in [1.29, 1.82) is 0 Å². The van der Waals surface area contributed by atoms with Crippen LogP contribution in [0.4, 0.5) is 0 Å². The first-order valence-electron chi connectivity index (χ1n) is 7.22. The average Bonchev–Trinajstić information content (AvgIpc) is 2.93. The third-order valence-corrected chi connectivity index (χ3v) is 5.17. The zero-order chi connectivity index (χ0) is 17.0. The summed E-state index contributed by atoms with van der Waals surface area (Å²) in [5, 5.41) is 8.82. The Balaban J connectivity index is 2.64. The molecule has 0 atom stereocenters. The van der Waals surface area contributed by atoms with Crippen LogP contribution in [0.2, 0.25) is 0 Å². The second-order valence-corrected chi connectivity index (χ2v) is 6.49. The van der Waals surface area contributed by atoms with Gasteiger partial charge in [-0.25, -0.2) is 18.2 Å². The van der Waals surface area contributed by atoms with Crippen LogP contribution < -0.4 is 0 Å². The summed E-state index contributed by atoms with van der Waals surface area (Å²) in [6.45, 7) is 3.32. The number of ether oxygens (including phenoxy) is 1. The monoisotopic (exact) mass is 341 g/mol. The summed E-state index contributed by atoms with van der Waals surface area (Å²) in [6, 6.07) is 4.89. The van der Waals surface area contributed by atoms with E-state index in [1.165, 1.54) is 4.40 Å². The predicted octanol–water partition coefficient (Wildman–Crippen LogP) is 0.514. The molecule has 0 spiro atoms. The molecule has 0 fully saturated rings. The third-order valence-electron chi connectivity index (χ3n) is 3.26. The number of carbonyl (C=O) groups is 1. The fourth-order valence-electron chi connectivity index (χ4n) is 2.22. The highest BCUT2D eigenvalue weighted by Gasteiger charge is 2.30. The van der Waals surface area contributed by atoms with Gasteiger partial charge in [0.25, 0.3) is 10.0 Å². The number of hydrogen-bond acceptors (Lipinski definition) is 6. The zero-order valence-corrected chi connectivity index (χ0v) is 13.8. The van der Waals surface area contributed by atoms with Gasteiger partial charge in [0.2, 0.25) is 5.82 Å². The van der Waals surface area contributed by atoms with Gasteiger partial charge < -0.3 is 9.84 Å². The lowest BCUT2D eigenvalue weighted by Crippen LogP contribution is -2.33. The minimum atomic E-state index is -3.93. The first kappa shape index (κ1) is 17.4. The minimum absolute atomic E-state index is 0.0422. The van der Waals surface area contributed by atoms with Gasteiger partial charge in [-0.1, -0.05) is 13.0 Å². The molecule has 2 rings (SSSR count). The molecule has 0 aliphatic rings. The van der Waals surface area contributed by atoms with Crippen molar-refractivity contribution in [3.8, 4) is 0 Å². The summed E-state index contributed by atoms with van der Waals surface area (Å²) < 4.78 is 32.9. The van der Waals surface area contributed by atoms with Crippen LogP contribution in [-0.2, 0) is 14.8 Å². The number of rotatable bonds is 7. The highest BCUT2D eigenvalue weighted by atomic mass is 32.2. The summed E-state index contributed by atoms with van der Waals surface area (Å²) in [5.74, 6) is -0.790. The molecule has 23 heavy (non-hydrogen) atoms. The fraction of sp³-hybridized carbons (Fsp3) is 0.429. The van der Waals surface area contributed by atoms with Gasteiger partial charge in [0.15, 0.2) is 5.03 Å². The van der Waals surface area contributed by atoms with E-state index >= 15 is 0 Å². The second kappa shape index (κ2) is 7.07. The Morgan fingerprint density at radius 1 is 1.39 bits per heavy atom. The van der Waals surface area contributed by atoms with Gasteiger partial charge in [-0.2, -0.15) is 4.31 Å². The maximum absolute atomic E-state index is 12.7. The maximum atomic E-state index is 12.7. The molecule has 0 aliphatic carbocycles. The number of aliphatic hydroxyl groups excluding tert-OH is 1. The van der Waals surface area contributed by atoms with Crippen LogP contribution in [-0.4, -0.2) is 59.5 Å². The second-order valence-electron chi connectivity index (χ2n) is 4.64. The van der Waals surface area contributed by atoms with E-state index in [1.54, 1.807) is 38.2 Å². The normalized spacial score (nSPS) is 12.0. The van der Waals surface area contributed by atoms with E-state index in [0.29, 0.717) is 0 Å². The van der Waals surface area contributed by atoms with E-state index in [0.717, 1.165) is 4.31 Å². The molecular weight excluding hydrogens is 322 g/mol. The van der Waals surface area contributed by atoms with Gasteiger partial charge >= 0.3 is 5.97 Å². The molecule has 0 bridgehead atoms. The summed E-state index contributed by atoms with van der Waals surface area (Å²) in [5.41, 5.74) is 0.284. The number of esters is 1. The number of nitrogens with zero attached hydrogens (tertiary/aromatic N) is 3. The van der Waals surface area contributed by atoms with E-state index in [1.807, 2.05) is 0 Å². The van der Waals surface area contributed by atoms with E-state index in [-0.39, 0.29) is 42.7 Å². The van der Waals surface area contributed by atoms with Gasteiger partial charge in [-0.05, 0) is 19.1 Å². The molecule has 0 amide bonds. The molecule has 0 saturated heterocycles. The molecule has 0 unspecified atom stereocenters. The van der Waals surface area contributed by atoms with Crippen LogP contribution >= 0.6 is 0 Å². The van der Waals surface area contributed by atoms with Crippen molar-refractivity contribution in [3.05, 3.63) is 30.2 Å². The first-order valence-corrected chi connectivity index (χ1v) is 8.66. The molecule has 0 radical (unpaired) electrons. The smallest absolute Gasteiger partial charge is 0.374 e. The molecule has 1 N–H and O–H groups in total. The highest BCUT2D eigenvalue weighted by molar-refractivity contribution is 7.89. The van der Waals surface area contributed by atoms with Crippen LogP contribution in [0.3, 0.4) is 0 Å². The van der Waals surface area contributed by atoms with E-state index in [9.17, 15) is 13.2 Å². The van der Waals surface area contributed by atoms with Gasteiger partial charge in [0.05, 0.1) is 18.7 Å². The van der Waals surface area contributed by atoms with Gasteiger partial charge in [0.1, 0.15) is 0 Å². The van der Waals surface area contributed by atoms with E-state index in [2.05, 4.69) is 4.98 Å². The van der Waals surface area contributed by atoms with E-state index < -0.39 is 16.0 Å². The van der Waals surface area contributed by atoms with E-state index in [4.69, 9.17) is 9.84 Å². The number of aliphatic hydroxyl groups is 1. The van der Waals surface area contributed by atoms with Crippen LogP contribution in [0.15, 0.2) is 29.4 Å². The zero-order valence-electron chi connectivity index (χ0n) is 13.0. The van der Waals surface area contributed by atoms with Crippen LogP contribution in [0.25, 0.3) is 5.52 Å². The molecular formula is C14H19N3O5S. The largest absolute Gasteiger partial charge is 0.460 e. The first-order chi connectivity index (χ1) is 11.0. The number of imidazole rings is 1. The molecule has 8 nitrogen and oxygen atoms in total. The molecule has 0 saturated carbocycles. The van der Waals surface area contributed by atoms with Crippen molar-refractivity contribution >= 4 is 21.5 Å². The van der Waals surface area contributed by atoms with Crippen LogP contribution in [0.1, 0.15) is 24.5 Å². The van der Waals surface area contributed by atoms with Crippen molar-refractivity contribution in [2.45, 2.75) is 18.9 Å². The van der Waals surface area contributed by atoms with Crippen LogP contribution in [0, 0.1) is 0 Å². The Morgan fingerprint density at radius 3 is 2.74 bits per heavy atom. The Morgan fingerprint density at radius 2 is 2.13 bits per heavy atom. The number of aromatic nitrogens is 2. The molecule has 2 heterocycles. The lowest BCUT2D eigenvalue weighted by atomic mass is 10.4. The number of likely N-dealkylation sites (N-methyl/N-ethyl adjacent to an activating group) is 1. The molecule has 126 valence electrons. The third kappa shape index (κ3) is 3.21. The number of sulfonamides is 1. The van der Waals surface area contributed by atoms with Crippen molar-refractivity contribution in [1.82, 2.24) is 13.7 Å². The van der Waals surface area contributed by atoms with Crippen molar-refractivity contribution in [2.75, 3.05) is 26.3 Å². The van der Waals surface area contributed by atoms with Gasteiger partial charge in [0, 0.05) is 19.3 Å². The Labute approximate surface area is 134 Å². The summed E-state index contributed by atoms with van der Waals surface area (Å²) in [7, 11) is -3.93.